The highest BCUT2D eigenvalue weighted by Gasteiger charge is 2.46. The first-order chi connectivity index (χ1) is 9.87. The molecular weight excluding hydrogens is 295 g/mol. The summed E-state index contributed by atoms with van der Waals surface area (Å²) in [5, 5.41) is 3.14. The van der Waals surface area contributed by atoms with Gasteiger partial charge in [0.1, 0.15) is 0 Å². The molecule has 0 aliphatic carbocycles. The zero-order chi connectivity index (χ0) is 15.2. The van der Waals surface area contributed by atoms with Gasteiger partial charge in [-0.15, -0.1) is 0 Å². The van der Waals surface area contributed by atoms with Crippen molar-refractivity contribution in [1.29, 1.82) is 0 Å². The molecule has 0 spiro atoms. The van der Waals surface area contributed by atoms with Crippen LogP contribution in [0.25, 0.3) is 0 Å². The predicted molar refractivity (Wildman–Crippen MR) is 77.6 cm³/mol. The molecule has 5 nitrogen and oxygen atoms in total. The summed E-state index contributed by atoms with van der Waals surface area (Å²) in [4.78, 5) is 21.5. The molecule has 2 unspecified atom stereocenters. The smallest absolute Gasteiger partial charge is 0.224 e. The Balaban J connectivity index is 1.79. The average Bonchev–Trinajstić information content (AvgIpc) is 2.75. The number of halogens is 2. The van der Waals surface area contributed by atoms with Crippen LogP contribution in [-0.2, 0) is 4.79 Å². The van der Waals surface area contributed by atoms with E-state index in [-0.39, 0.29) is 34.6 Å². The second-order valence-corrected chi connectivity index (χ2v) is 6.72. The number of anilines is 1. The highest BCUT2D eigenvalue weighted by molar-refractivity contribution is 6.28. The normalized spacial score (nSPS) is 27.6. The van der Waals surface area contributed by atoms with Crippen LogP contribution in [0.15, 0.2) is 6.20 Å². The van der Waals surface area contributed by atoms with Gasteiger partial charge in [-0.3, -0.25) is 4.79 Å². The zero-order valence-corrected chi connectivity index (χ0v) is 12.8. The zero-order valence-electron chi connectivity index (χ0n) is 12.1. The van der Waals surface area contributed by atoms with Gasteiger partial charge in [0.15, 0.2) is 11.6 Å². The number of carbonyl (C=O) groups excluding carboxylic acids is 1. The van der Waals surface area contributed by atoms with Gasteiger partial charge < -0.3 is 10.2 Å². The maximum absolute atomic E-state index is 13.7. The van der Waals surface area contributed by atoms with Crippen LogP contribution >= 0.6 is 11.6 Å². The number of aromatic nitrogens is 2. The Labute approximate surface area is 127 Å². The van der Waals surface area contributed by atoms with Crippen LogP contribution in [0.2, 0.25) is 5.28 Å². The first-order valence-corrected chi connectivity index (χ1v) is 7.51. The van der Waals surface area contributed by atoms with Gasteiger partial charge in [-0.25, -0.2) is 9.37 Å². The van der Waals surface area contributed by atoms with E-state index in [4.69, 9.17) is 11.6 Å². The molecule has 1 aromatic rings. The van der Waals surface area contributed by atoms with Gasteiger partial charge in [0.2, 0.25) is 11.2 Å². The van der Waals surface area contributed by atoms with Crippen LogP contribution in [0, 0.1) is 5.82 Å². The lowest BCUT2D eigenvalue weighted by Crippen LogP contribution is -2.57. The molecule has 3 rings (SSSR count). The number of amides is 1. The Bertz CT molecular complexity index is 580. The van der Waals surface area contributed by atoms with Crippen molar-refractivity contribution in [3.63, 3.8) is 0 Å². The van der Waals surface area contributed by atoms with Crippen molar-refractivity contribution in [3.8, 4) is 0 Å². The Morgan fingerprint density at radius 3 is 3.05 bits per heavy atom. The molecule has 1 aromatic heterocycles. The highest BCUT2D eigenvalue weighted by atomic mass is 35.5. The second kappa shape index (κ2) is 5.09. The van der Waals surface area contributed by atoms with Crippen molar-refractivity contribution >= 4 is 23.3 Å². The third kappa shape index (κ3) is 2.69. The maximum atomic E-state index is 13.7. The summed E-state index contributed by atoms with van der Waals surface area (Å²) in [7, 11) is 0. The number of nitrogens with one attached hydrogen (secondary N) is 1. The summed E-state index contributed by atoms with van der Waals surface area (Å²) in [6.07, 6.45) is 4.09. The number of hydrogen-bond acceptors (Lipinski definition) is 4. The molecule has 2 saturated heterocycles. The number of carbonyl (C=O) groups is 1. The van der Waals surface area contributed by atoms with Crippen molar-refractivity contribution in [3.05, 3.63) is 17.3 Å². The lowest BCUT2D eigenvalue weighted by Gasteiger charge is -2.47. The molecule has 2 aliphatic rings. The number of hydrogen-bond donors (Lipinski definition) is 1. The molecule has 1 amide bonds. The van der Waals surface area contributed by atoms with E-state index < -0.39 is 5.82 Å². The van der Waals surface area contributed by atoms with E-state index in [9.17, 15) is 9.18 Å². The van der Waals surface area contributed by atoms with Crippen LogP contribution < -0.4 is 5.32 Å². The lowest BCUT2D eigenvalue weighted by atomic mass is 9.84. The summed E-state index contributed by atoms with van der Waals surface area (Å²) in [6.45, 7) is 4.11. The van der Waals surface area contributed by atoms with E-state index in [0.29, 0.717) is 6.42 Å². The molecule has 0 radical (unpaired) electrons. The van der Waals surface area contributed by atoms with Crippen molar-refractivity contribution in [2.24, 2.45) is 0 Å². The fourth-order valence-electron chi connectivity index (χ4n) is 3.66. The minimum absolute atomic E-state index is 0.0200. The molecule has 114 valence electrons. The predicted octanol–water partition coefficient (Wildman–Crippen LogP) is 2.61. The molecule has 2 fully saturated rings. The first-order valence-electron chi connectivity index (χ1n) is 7.13. The van der Waals surface area contributed by atoms with Gasteiger partial charge in [-0.1, -0.05) is 0 Å². The molecule has 7 heteroatoms. The van der Waals surface area contributed by atoms with Crippen LogP contribution in [0.3, 0.4) is 0 Å². The van der Waals surface area contributed by atoms with Gasteiger partial charge in [0.05, 0.1) is 6.20 Å². The van der Waals surface area contributed by atoms with Crippen LogP contribution in [0.5, 0.6) is 0 Å². The molecule has 2 aliphatic heterocycles. The molecule has 21 heavy (non-hydrogen) atoms. The van der Waals surface area contributed by atoms with Crippen LogP contribution in [0.4, 0.5) is 10.2 Å². The first kappa shape index (κ1) is 14.5. The molecule has 0 saturated carbocycles. The number of nitrogens with zero attached hydrogens (tertiary/aromatic N) is 3. The molecule has 0 bridgehead atoms. The Morgan fingerprint density at radius 2 is 2.29 bits per heavy atom. The van der Waals surface area contributed by atoms with E-state index in [1.54, 1.807) is 0 Å². The monoisotopic (exact) mass is 312 g/mol. The summed E-state index contributed by atoms with van der Waals surface area (Å²) in [5.41, 5.74) is -0.235. The summed E-state index contributed by atoms with van der Waals surface area (Å²) < 4.78 is 13.7. The quantitative estimate of drug-likeness (QED) is 0.853. The van der Waals surface area contributed by atoms with Crippen LogP contribution in [0.1, 0.15) is 39.5 Å². The van der Waals surface area contributed by atoms with Gasteiger partial charge in [0.25, 0.3) is 0 Å². The van der Waals surface area contributed by atoms with Gasteiger partial charge in [0, 0.05) is 24.0 Å². The molecule has 2 atom stereocenters. The van der Waals surface area contributed by atoms with Crippen molar-refractivity contribution < 1.29 is 9.18 Å². The lowest BCUT2D eigenvalue weighted by molar-refractivity contribution is -0.136. The third-order valence-corrected chi connectivity index (χ3v) is 4.52. The van der Waals surface area contributed by atoms with E-state index in [2.05, 4.69) is 29.1 Å². The minimum atomic E-state index is -0.512. The number of rotatable bonds is 2. The van der Waals surface area contributed by atoms with E-state index in [0.717, 1.165) is 25.5 Å². The van der Waals surface area contributed by atoms with Crippen molar-refractivity contribution in [2.75, 3.05) is 5.32 Å². The molecule has 3 heterocycles. The van der Waals surface area contributed by atoms with Crippen molar-refractivity contribution in [1.82, 2.24) is 14.9 Å². The Morgan fingerprint density at radius 1 is 1.52 bits per heavy atom. The van der Waals surface area contributed by atoms with Gasteiger partial charge in [-0.05, 0) is 44.7 Å². The largest absolute Gasteiger partial charge is 0.365 e. The van der Waals surface area contributed by atoms with E-state index in [1.807, 2.05) is 4.90 Å². The fourth-order valence-corrected chi connectivity index (χ4v) is 3.79. The number of fused-ring (bicyclic) bond motifs is 1. The molecule has 1 N–H and O–H groups in total. The Hall–Kier alpha value is -1.43. The fraction of sp³-hybridized carbons (Fsp3) is 0.643. The molecular formula is C14H18ClFN4O. The topological polar surface area (TPSA) is 58.1 Å². The average molecular weight is 313 g/mol. The summed E-state index contributed by atoms with van der Waals surface area (Å²) in [6, 6.07) is 0.284. The van der Waals surface area contributed by atoms with Gasteiger partial charge >= 0.3 is 0 Å². The van der Waals surface area contributed by atoms with Crippen LogP contribution in [-0.4, -0.2) is 38.4 Å². The standard InChI is InChI=1S/C14H18ClFN4O/c1-14(2)6-8(5-9-3-4-11(21)20(9)14)18-12-10(16)7-17-13(15)19-12/h7-9H,3-6H2,1-2H3,(H,17,18,19). The van der Waals surface area contributed by atoms with Gasteiger partial charge in [-0.2, -0.15) is 4.98 Å². The maximum Gasteiger partial charge on any atom is 0.224 e. The SMILES string of the molecule is CC1(C)CC(Nc2nc(Cl)ncc2F)CC2CCC(=O)N21. The Kier molecular flexibility index (Phi) is 3.51. The summed E-state index contributed by atoms with van der Waals surface area (Å²) >= 11 is 5.72. The third-order valence-electron chi connectivity index (χ3n) is 4.34. The summed E-state index contributed by atoms with van der Waals surface area (Å²) in [5.74, 6) is -0.157. The van der Waals surface area contributed by atoms with E-state index in [1.165, 1.54) is 0 Å². The highest BCUT2D eigenvalue weighted by Crippen LogP contribution is 2.39. The van der Waals surface area contributed by atoms with E-state index >= 15 is 0 Å². The second-order valence-electron chi connectivity index (χ2n) is 6.39. The number of piperidine rings is 1. The van der Waals surface area contributed by atoms with Crippen molar-refractivity contribution in [2.45, 2.75) is 57.2 Å². The minimum Gasteiger partial charge on any atom is -0.365 e. The molecule has 0 aromatic carbocycles.